The molecular weight excluding hydrogens is 420 g/mol. The van der Waals surface area contributed by atoms with Crippen molar-refractivity contribution in [3.63, 3.8) is 0 Å². The van der Waals surface area contributed by atoms with Crippen LogP contribution < -0.4 is 5.32 Å². The Balaban J connectivity index is 1.29. The van der Waals surface area contributed by atoms with Crippen LogP contribution in [0.3, 0.4) is 0 Å². The van der Waals surface area contributed by atoms with Gasteiger partial charge in [0.1, 0.15) is 6.61 Å². The highest BCUT2D eigenvalue weighted by Gasteiger charge is 2.37. The number of benzene rings is 2. The quantitative estimate of drug-likeness (QED) is 0.637. The van der Waals surface area contributed by atoms with Crippen LogP contribution in [-0.2, 0) is 14.3 Å². The second-order valence-corrected chi connectivity index (χ2v) is 8.96. The second-order valence-electron chi connectivity index (χ2n) is 8.96. The third-order valence-corrected chi connectivity index (χ3v) is 6.94. The molecule has 2 aliphatic rings. The largest absolute Gasteiger partial charge is 0.481 e. The van der Waals surface area contributed by atoms with Crippen molar-refractivity contribution in [2.45, 2.75) is 38.6 Å². The Hall–Kier alpha value is -3.35. The third kappa shape index (κ3) is 4.72. The number of likely N-dealkylation sites (tertiary alicyclic amines) is 1. The molecule has 174 valence electrons. The molecule has 7 heteroatoms. The molecule has 33 heavy (non-hydrogen) atoms. The van der Waals surface area contributed by atoms with Gasteiger partial charge in [0.05, 0.1) is 5.92 Å². The molecule has 0 saturated carbocycles. The highest BCUT2D eigenvalue weighted by Crippen LogP contribution is 2.44. The Morgan fingerprint density at radius 1 is 1.06 bits per heavy atom. The van der Waals surface area contributed by atoms with Crippen LogP contribution in [0.15, 0.2) is 48.5 Å². The van der Waals surface area contributed by atoms with E-state index in [9.17, 15) is 14.4 Å². The minimum absolute atomic E-state index is 0.0124. The zero-order chi connectivity index (χ0) is 23.5. The van der Waals surface area contributed by atoms with E-state index in [0.29, 0.717) is 19.5 Å². The van der Waals surface area contributed by atoms with E-state index in [2.05, 4.69) is 29.6 Å². The summed E-state index contributed by atoms with van der Waals surface area (Å²) in [5, 5.41) is 11.9. The fourth-order valence-electron chi connectivity index (χ4n) is 4.68. The van der Waals surface area contributed by atoms with Crippen molar-refractivity contribution in [2.24, 2.45) is 11.8 Å². The number of rotatable bonds is 8. The molecule has 0 aromatic heterocycles. The van der Waals surface area contributed by atoms with Crippen molar-refractivity contribution in [3.8, 4) is 11.1 Å². The number of hydrogen-bond donors (Lipinski definition) is 2. The first kappa shape index (κ1) is 22.8. The van der Waals surface area contributed by atoms with Crippen molar-refractivity contribution in [1.82, 2.24) is 10.2 Å². The van der Waals surface area contributed by atoms with Crippen LogP contribution >= 0.6 is 0 Å². The summed E-state index contributed by atoms with van der Waals surface area (Å²) < 4.78 is 5.59. The summed E-state index contributed by atoms with van der Waals surface area (Å²) in [7, 11) is 0. The lowest BCUT2D eigenvalue weighted by molar-refractivity contribution is -0.150. The predicted octanol–water partition coefficient (Wildman–Crippen LogP) is 3.87. The molecule has 1 saturated heterocycles. The molecule has 0 radical (unpaired) electrons. The summed E-state index contributed by atoms with van der Waals surface area (Å²) in [5.41, 5.74) is 4.64. The maximum atomic E-state index is 12.5. The fourth-order valence-corrected chi connectivity index (χ4v) is 4.68. The predicted molar refractivity (Wildman–Crippen MR) is 124 cm³/mol. The Kier molecular flexibility index (Phi) is 6.67. The lowest BCUT2D eigenvalue weighted by Crippen LogP contribution is -2.54. The van der Waals surface area contributed by atoms with Crippen molar-refractivity contribution < 1.29 is 24.2 Å². The van der Waals surface area contributed by atoms with Crippen LogP contribution in [0.1, 0.15) is 43.7 Å². The van der Waals surface area contributed by atoms with Gasteiger partial charge in [0.2, 0.25) is 5.91 Å². The third-order valence-electron chi connectivity index (χ3n) is 6.94. The van der Waals surface area contributed by atoms with E-state index in [1.807, 2.05) is 31.2 Å². The number of carbonyl (C=O) groups excluding carboxylic acids is 2. The number of alkyl carbamates (subject to hydrolysis) is 1. The van der Waals surface area contributed by atoms with E-state index in [4.69, 9.17) is 9.84 Å². The molecule has 1 aliphatic carbocycles. The molecule has 2 N–H and O–H groups in total. The van der Waals surface area contributed by atoms with Crippen LogP contribution in [0.2, 0.25) is 0 Å². The summed E-state index contributed by atoms with van der Waals surface area (Å²) in [6.45, 7) is 4.71. The summed E-state index contributed by atoms with van der Waals surface area (Å²) in [5.74, 6) is -1.40. The molecular formula is C26H30N2O5. The smallest absolute Gasteiger partial charge is 0.407 e. The Morgan fingerprint density at radius 2 is 1.64 bits per heavy atom. The number of ether oxygens (including phenoxy) is 1. The first-order valence-electron chi connectivity index (χ1n) is 11.5. The van der Waals surface area contributed by atoms with Gasteiger partial charge < -0.3 is 20.1 Å². The van der Waals surface area contributed by atoms with Gasteiger partial charge in [-0.1, -0.05) is 62.4 Å². The molecule has 1 aliphatic heterocycles. The average Bonchev–Trinajstić information content (AvgIpc) is 3.10. The van der Waals surface area contributed by atoms with Gasteiger partial charge in [0, 0.05) is 37.4 Å². The van der Waals surface area contributed by atoms with E-state index in [1.54, 1.807) is 11.8 Å². The number of hydrogen-bond acceptors (Lipinski definition) is 4. The van der Waals surface area contributed by atoms with E-state index in [-0.39, 0.29) is 36.8 Å². The van der Waals surface area contributed by atoms with Gasteiger partial charge >= 0.3 is 12.1 Å². The summed E-state index contributed by atoms with van der Waals surface area (Å²) in [4.78, 5) is 37.8. The van der Waals surface area contributed by atoms with Crippen LogP contribution in [0.25, 0.3) is 11.1 Å². The van der Waals surface area contributed by atoms with Gasteiger partial charge in [-0.15, -0.1) is 0 Å². The lowest BCUT2D eigenvalue weighted by atomic mass is 9.86. The normalized spacial score (nSPS) is 16.8. The first-order chi connectivity index (χ1) is 15.9. The maximum absolute atomic E-state index is 12.5. The number of carbonyl (C=O) groups is 3. The van der Waals surface area contributed by atoms with Crippen molar-refractivity contribution in [1.29, 1.82) is 0 Å². The molecule has 1 unspecified atom stereocenters. The van der Waals surface area contributed by atoms with E-state index < -0.39 is 18.0 Å². The lowest BCUT2D eigenvalue weighted by Gasteiger charge is -2.41. The molecule has 1 fully saturated rings. The number of nitrogens with zero attached hydrogens (tertiary/aromatic N) is 1. The van der Waals surface area contributed by atoms with Crippen molar-refractivity contribution >= 4 is 18.0 Å². The molecule has 0 bridgehead atoms. The van der Waals surface area contributed by atoms with Gasteiger partial charge in [-0.05, 0) is 28.7 Å². The number of nitrogens with one attached hydrogen (secondary N) is 1. The number of fused-ring (bicyclic) bond motifs is 3. The maximum Gasteiger partial charge on any atom is 0.407 e. The van der Waals surface area contributed by atoms with Gasteiger partial charge in [-0.3, -0.25) is 9.59 Å². The van der Waals surface area contributed by atoms with Crippen LogP contribution in [0.4, 0.5) is 4.79 Å². The molecule has 7 nitrogen and oxygen atoms in total. The van der Waals surface area contributed by atoms with Crippen molar-refractivity contribution in [3.05, 3.63) is 59.7 Å². The van der Waals surface area contributed by atoms with Gasteiger partial charge in [-0.2, -0.15) is 0 Å². The Morgan fingerprint density at radius 3 is 2.18 bits per heavy atom. The monoisotopic (exact) mass is 450 g/mol. The number of amides is 2. The average molecular weight is 451 g/mol. The molecule has 4 rings (SSSR count). The first-order valence-corrected chi connectivity index (χ1v) is 11.5. The topological polar surface area (TPSA) is 95.9 Å². The van der Waals surface area contributed by atoms with Gasteiger partial charge in [-0.25, -0.2) is 4.79 Å². The summed E-state index contributed by atoms with van der Waals surface area (Å²) in [6, 6.07) is 16.0. The van der Waals surface area contributed by atoms with Gasteiger partial charge in [0.25, 0.3) is 0 Å². The van der Waals surface area contributed by atoms with E-state index >= 15 is 0 Å². The van der Waals surface area contributed by atoms with Crippen LogP contribution in [0.5, 0.6) is 0 Å². The van der Waals surface area contributed by atoms with Crippen LogP contribution in [0, 0.1) is 11.8 Å². The van der Waals surface area contributed by atoms with E-state index in [0.717, 1.165) is 11.1 Å². The van der Waals surface area contributed by atoms with Gasteiger partial charge in [0.15, 0.2) is 0 Å². The molecule has 2 amide bonds. The molecule has 2 aromatic carbocycles. The fraction of sp³-hybridized carbons (Fsp3) is 0.423. The molecule has 0 spiro atoms. The summed E-state index contributed by atoms with van der Waals surface area (Å²) >= 11 is 0. The number of aliphatic carboxylic acids is 1. The van der Waals surface area contributed by atoms with Crippen molar-refractivity contribution in [2.75, 3.05) is 19.7 Å². The molecule has 1 heterocycles. The second kappa shape index (κ2) is 9.65. The Labute approximate surface area is 193 Å². The standard InChI is InChI=1S/C26H30N2O5/c1-3-18(12-24(29)28-13-17(14-28)16(2)25(30)31)27-26(32)33-15-23-21-10-6-4-8-19(21)20-9-5-7-11-22(20)23/h4-11,16-18,23H,3,12-15H2,1-2H3,(H,27,32)(H,30,31)/t16?,18-/m0/s1. The highest BCUT2D eigenvalue weighted by atomic mass is 16.5. The minimum atomic E-state index is -0.838. The number of carboxylic acid groups (broad SMARTS) is 1. The SMILES string of the molecule is CC[C@@H](CC(=O)N1CC(C(C)C(=O)O)C1)NC(=O)OCC1c2ccccc2-c2ccccc21. The zero-order valence-electron chi connectivity index (χ0n) is 19.0. The highest BCUT2D eigenvalue weighted by molar-refractivity contribution is 5.80. The summed E-state index contributed by atoms with van der Waals surface area (Å²) in [6.07, 6.45) is 0.241. The molecule has 2 aromatic rings. The Bertz CT molecular complexity index is 1000. The molecule has 2 atom stereocenters. The zero-order valence-corrected chi connectivity index (χ0v) is 19.0. The number of carboxylic acids is 1. The van der Waals surface area contributed by atoms with Crippen LogP contribution in [-0.4, -0.2) is 53.7 Å². The minimum Gasteiger partial charge on any atom is -0.481 e. The van der Waals surface area contributed by atoms with E-state index in [1.165, 1.54) is 11.1 Å².